The summed E-state index contributed by atoms with van der Waals surface area (Å²) in [6.07, 6.45) is 0.621. The van der Waals surface area contributed by atoms with Gasteiger partial charge >= 0.3 is 5.97 Å². The van der Waals surface area contributed by atoms with E-state index in [0.29, 0.717) is 38.4 Å². The van der Waals surface area contributed by atoms with Crippen molar-refractivity contribution in [1.82, 2.24) is 5.43 Å². The smallest absolute Gasteiger partial charge is 0.343 e. The van der Waals surface area contributed by atoms with E-state index in [9.17, 15) is 9.59 Å². The largest absolute Gasteiger partial charge is 0.497 e. The third kappa shape index (κ3) is 6.97. The highest BCUT2D eigenvalue weighted by molar-refractivity contribution is 6.35. The summed E-state index contributed by atoms with van der Waals surface area (Å²) < 4.78 is 16.0. The molecule has 9 heteroatoms. The molecule has 1 N–H and O–H groups in total. The third-order valence-corrected chi connectivity index (χ3v) is 4.90. The van der Waals surface area contributed by atoms with E-state index < -0.39 is 18.0 Å². The fourth-order valence-corrected chi connectivity index (χ4v) is 3.04. The summed E-state index contributed by atoms with van der Waals surface area (Å²) in [6, 6.07) is 18.0. The minimum atomic E-state index is -0.833. The van der Waals surface area contributed by atoms with Crippen molar-refractivity contribution in [3.63, 3.8) is 0 Å². The normalized spacial score (nSPS) is 11.6. The highest BCUT2D eigenvalue weighted by Gasteiger charge is 2.15. The predicted octanol–water partition coefficient (Wildman–Crippen LogP) is 5.14. The van der Waals surface area contributed by atoms with Crippen LogP contribution in [0.5, 0.6) is 17.2 Å². The zero-order chi connectivity index (χ0) is 23.8. The molecular formula is C24H20Cl2N2O5. The van der Waals surface area contributed by atoms with Crippen LogP contribution in [-0.2, 0) is 4.79 Å². The first-order chi connectivity index (χ1) is 15.9. The molecule has 0 saturated heterocycles. The van der Waals surface area contributed by atoms with Crippen LogP contribution in [0.15, 0.2) is 71.8 Å². The molecule has 0 saturated carbocycles. The third-order valence-electron chi connectivity index (χ3n) is 4.37. The molecule has 0 aliphatic rings. The second-order valence-corrected chi connectivity index (χ2v) is 7.60. The van der Waals surface area contributed by atoms with Crippen LogP contribution >= 0.6 is 23.2 Å². The molecule has 0 spiro atoms. The number of rotatable bonds is 8. The topological polar surface area (TPSA) is 86.2 Å². The minimum absolute atomic E-state index is 0.304. The Bertz CT molecular complexity index is 1150. The van der Waals surface area contributed by atoms with Gasteiger partial charge in [-0.2, -0.15) is 5.10 Å². The highest BCUT2D eigenvalue weighted by atomic mass is 35.5. The summed E-state index contributed by atoms with van der Waals surface area (Å²) in [4.78, 5) is 24.4. The van der Waals surface area contributed by atoms with Gasteiger partial charge in [0, 0.05) is 5.02 Å². The van der Waals surface area contributed by atoms with Gasteiger partial charge in [0.1, 0.15) is 17.2 Å². The second-order valence-electron chi connectivity index (χ2n) is 6.76. The van der Waals surface area contributed by atoms with Crippen LogP contribution in [0.4, 0.5) is 0 Å². The van der Waals surface area contributed by atoms with Gasteiger partial charge in [0.25, 0.3) is 5.91 Å². The van der Waals surface area contributed by atoms with E-state index in [1.165, 1.54) is 12.3 Å². The van der Waals surface area contributed by atoms with Crippen LogP contribution in [0.3, 0.4) is 0 Å². The van der Waals surface area contributed by atoms with Crippen LogP contribution in [0.1, 0.15) is 22.8 Å². The average Bonchev–Trinajstić information content (AvgIpc) is 2.81. The number of hydrazone groups is 1. The molecule has 7 nitrogen and oxygen atoms in total. The lowest BCUT2D eigenvalue weighted by atomic mass is 10.2. The number of halogens is 2. The summed E-state index contributed by atoms with van der Waals surface area (Å²) in [5.74, 6) is 0.423. The first-order valence-electron chi connectivity index (χ1n) is 9.76. The van der Waals surface area contributed by atoms with Crippen molar-refractivity contribution in [2.75, 3.05) is 7.11 Å². The van der Waals surface area contributed by atoms with Crippen molar-refractivity contribution in [3.8, 4) is 17.2 Å². The standard InChI is InChI=1S/C24H20Cl2N2O5/c1-15(32-22-12-7-18(25)13-21(22)26)23(29)28-27-14-16-3-8-20(9-4-16)33-24(30)17-5-10-19(31-2)11-6-17/h3-15H,1-2H3,(H,28,29)/b27-14-/t15-/m1/s1. The number of amides is 1. The number of hydrogen-bond acceptors (Lipinski definition) is 6. The van der Waals surface area contributed by atoms with Gasteiger partial charge in [0.05, 0.1) is 23.9 Å². The molecule has 1 amide bonds. The Morgan fingerprint density at radius 2 is 1.64 bits per heavy atom. The van der Waals surface area contributed by atoms with Crippen LogP contribution in [-0.4, -0.2) is 31.3 Å². The van der Waals surface area contributed by atoms with Crippen molar-refractivity contribution in [1.29, 1.82) is 0 Å². The average molecular weight is 487 g/mol. The summed E-state index contributed by atoms with van der Waals surface area (Å²) in [5, 5.41) is 4.69. The SMILES string of the molecule is COc1ccc(C(=O)Oc2ccc(/C=N\NC(=O)[C@@H](C)Oc3ccc(Cl)cc3Cl)cc2)cc1. The molecule has 3 aromatic rings. The molecule has 0 aliphatic carbocycles. The molecule has 3 aromatic carbocycles. The molecule has 0 bridgehead atoms. The zero-order valence-corrected chi connectivity index (χ0v) is 19.3. The Labute approximate surface area is 200 Å². The molecule has 0 radical (unpaired) electrons. The van der Waals surface area contributed by atoms with Crippen molar-refractivity contribution in [2.45, 2.75) is 13.0 Å². The number of carbonyl (C=O) groups is 2. The molecule has 0 aliphatic heterocycles. The zero-order valence-electron chi connectivity index (χ0n) is 17.7. The van der Waals surface area contributed by atoms with Gasteiger partial charge < -0.3 is 14.2 Å². The van der Waals surface area contributed by atoms with Gasteiger partial charge in [-0.1, -0.05) is 23.2 Å². The maximum Gasteiger partial charge on any atom is 0.343 e. The number of benzene rings is 3. The maximum atomic E-state index is 12.2. The molecule has 0 heterocycles. The molecule has 3 rings (SSSR count). The van der Waals surface area contributed by atoms with Crippen molar-refractivity contribution in [2.24, 2.45) is 5.10 Å². The number of methoxy groups -OCH3 is 1. The van der Waals surface area contributed by atoms with E-state index in [1.807, 2.05) is 0 Å². The molecule has 0 aromatic heterocycles. The Morgan fingerprint density at radius 3 is 2.27 bits per heavy atom. The molecule has 33 heavy (non-hydrogen) atoms. The highest BCUT2D eigenvalue weighted by Crippen LogP contribution is 2.28. The lowest BCUT2D eigenvalue weighted by molar-refractivity contribution is -0.127. The van der Waals surface area contributed by atoms with E-state index in [4.69, 9.17) is 37.4 Å². The van der Waals surface area contributed by atoms with Crippen molar-refractivity contribution < 1.29 is 23.8 Å². The van der Waals surface area contributed by atoms with Gasteiger partial charge in [0.2, 0.25) is 0 Å². The van der Waals surface area contributed by atoms with Gasteiger partial charge in [0.15, 0.2) is 6.10 Å². The predicted molar refractivity (Wildman–Crippen MR) is 127 cm³/mol. The Kier molecular flexibility index (Phi) is 8.29. The number of hydrogen-bond donors (Lipinski definition) is 1. The van der Waals surface area contributed by atoms with Crippen molar-refractivity contribution >= 4 is 41.3 Å². The lowest BCUT2D eigenvalue weighted by Crippen LogP contribution is -2.33. The van der Waals surface area contributed by atoms with Crippen LogP contribution < -0.4 is 19.6 Å². The summed E-state index contributed by atoms with van der Waals surface area (Å²) >= 11 is 11.9. The van der Waals surface area contributed by atoms with Gasteiger partial charge in [-0.25, -0.2) is 10.2 Å². The van der Waals surface area contributed by atoms with Crippen LogP contribution in [0.2, 0.25) is 10.0 Å². The number of ether oxygens (including phenoxy) is 3. The first-order valence-corrected chi connectivity index (χ1v) is 10.5. The van der Waals surface area contributed by atoms with Gasteiger partial charge in [-0.3, -0.25) is 4.79 Å². The Hall–Kier alpha value is -3.55. The fourth-order valence-electron chi connectivity index (χ4n) is 2.59. The fraction of sp³-hybridized carbons (Fsp3) is 0.125. The van der Waals surface area contributed by atoms with Crippen LogP contribution in [0.25, 0.3) is 0 Å². The molecule has 0 fully saturated rings. The monoisotopic (exact) mass is 486 g/mol. The minimum Gasteiger partial charge on any atom is -0.497 e. The van der Waals surface area contributed by atoms with Crippen LogP contribution in [0, 0.1) is 0 Å². The Balaban J connectivity index is 1.50. The van der Waals surface area contributed by atoms with E-state index >= 15 is 0 Å². The van der Waals surface area contributed by atoms with E-state index in [-0.39, 0.29) is 0 Å². The number of nitrogens with one attached hydrogen (secondary N) is 1. The van der Waals surface area contributed by atoms with E-state index in [1.54, 1.807) is 74.7 Å². The summed E-state index contributed by atoms with van der Waals surface area (Å²) in [7, 11) is 1.55. The quantitative estimate of drug-likeness (QED) is 0.206. The molecule has 170 valence electrons. The van der Waals surface area contributed by atoms with E-state index in [0.717, 1.165) is 0 Å². The van der Waals surface area contributed by atoms with Gasteiger partial charge in [-0.05, 0) is 79.2 Å². The van der Waals surface area contributed by atoms with Gasteiger partial charge in [-0.15, -0.1) is 0 Å². The first kappa shape index (κ1) is 24.1. The number of carbonyl (C=O) groups excluding carboxylic acids is 2. The molecular weight excluding hydrogens is 467 g/mol. The molecule has 0 unspecified atom stereocenters. The number of esters is 1. The maximum absolute atomic E-state index is 12.2. The summed E-state index contributed by atoms with van der Waals surface area (Å²) in [5.41, 5.74) is 3.49. The Morgan fingerprint density at radius 1 is 0.970 bits per heavy atom. The summed E-state index contributed by atoms with van der Waals surface area (Å²) in [6.45, 7) is 1.57. The second kappa shape index (κ2) is 11.4. The number of nitrogens with zero attached hydrogens (tertiary/aromatic N) is 1. The van der Waals surface area contributed by atoms with E-state index in [2.05, 4.69) is 10.5 Å². The lowest BCUT2D eigenvalue weighted by Gasteiger charge is -2.14. The van der Waals surface area contributed by atoms with Crippen molar-refractivity contribution in [3.05, 3.63) is 87.9 Å². The molecule has 1 atom stereocenters.